The van der Waals surface area contributed by atoms with Crippen molar-refractivity contribution in [1.29, 1.82) is 0 Å². The van der Waals surface area contributed by atoms with Gasteiger partial charge < -0.3 is 0 Å². The number of rotatable bonds is 1. The van der Waals surface area contributed by atoms with Crippen LogP contribution in [-0.2, 0) is 9.59 Å². The summed E-state index contributed by atoms with van der Waals surface area (Å²) in [7, 11) is 0. The SMILES string of the molecule is O=C1[C@H]2[C@H](C(=O)N1c1ccc(Cl)c(F)c1)[C@@H]1C=C[C@H]2C12CC2. The fourth-order valence-electron chi connectivity index (χ4n) is 4.96. The Bertz CT molecular complexity index is 736. The van der Waals surface area contributed by atoms with E-state index in [1.807, 2.05) is 0 Å². The first-order valence-electron chi connectivity index (χ1n) is 7.56. The zero-order chi connectivity index (χ0) is 15.2. The van der Waals surface area contributed by atoms with Crippen molar-refractivity contribution in [1.82, 2.24) is 0 Å². The number of hydrogen-bond donors (Lipinski definition) is 0. The first-order chi connectivity index (χ1) is 10.5. The van der Waals surface area contributed by atoms with E-state index in [0.717, 1.165) is 17.7 Å². The van der Waals surface area contributed by atoms with Gasteiger partial charge in [0.25, 0.3) is 0 Å². The van der Waals surface area contributed by atoms with Gasteiger partial charge in [0.05, 0.1) is 22.5 Å². The minimum absolute atomic E-state index is 0.0123. The lowest BCUT2D eigenvalue weighted by atomic mass is 9.85. The minimum Gasteiger partial charge on any atom is -0.274 e. The maximum atomic E-state index is 13.7. The molecule has 2 bridgehead atoms. The third-order valence-corrected chi connectivity index (χ3v) is 6.32. The van der Waals surface area contributed by atoms with Crippen LogP contribution in [0.4, 0.5) is 10.1 Å². The van der Waals surface area contributed by atoms with Crippen molar-refractivity contribution in [3.8, 4) is 0 Å². The molecule has 112 valence electrons. The summed E-state index contributed by atoms with van der Waals surface area (Å²) < 4.78 is 13.7. The lowest BCUT2D eigenvalue weighted by molar-refractivity contribution is -0.123. The van der Waals surface area contributed by atoms with E-state index < -0.39 is 5.82 Å². The molecule has 22 heavy (non-hydrogen) atoms. The van der Waals surface area contributed by atoms with Gasteiger partial charge in [0.2, 0.25) is 11.8 Å². The number of hydrogen-bond acceptors (Lipinski definition) is 2. The number of carbonyl (C=O) groups excluding carboxylic acids is 2. The lowest BCUT2D eigenvalue weighted by Gasteiger charge is -2.21. The highest BCUT2D eigenvalue weighted by Gasteiger charge is 2.73. The van der Waals surface area contributed by atoms with Gasteiger partial charge in [-0.1, -0.05) is 23.8 Å². The van der Waals surface area contributed by atoms with Gasteiger partial charge in [-0.05, 0) is 48.3 Å². The van der Waals surface area contributed by atoms with E-state index in [9.17, 15) is 14.0 Å². The number of carbonyl (C=O) groups is 2. The molecule has 3 nitrogen and oxygen atoms in total. The molecule has 5 rings (SSSR count). The van der Waals surface area contributed by atoms with Gasteiger partial charge >= 0.3 is 0 Å². The van der Waals surface area contributed by atoms with E-state index in [0.29, 0.717) is 0 Å². The van der Waals surface area contributed by atoms with E-state index in [2.05, 4.69) is 12.2 Å². The third kappa shape index (κ3) is 1.29. The van der Waals surface area contributed by atoms with Crippen molar-refractivity contribution in [2.24, 2.45) is 29.1 Å². The molecule has 1 aliphatic heterocycles. The topological polar surface area (TPSA) is 37.4 Å². The molecule has 3 fully saturated rings. The highest BCUT2D eigenvalue weighted by Crippen LogP contribution is 2.73. The van der Waals surface area contributed by atoms with Crippen LogP contribution < -0.4 is 4.90 Å². The smallest absolute Gasteiger partial charge is 0.238 e. The molecule has 5 heteroatoms. The summed E-state index contributed by atoms with van der Waals surface area (Å²) >= 11 is 5.68. The summed E-state index contributed by atoms with van der Waals surface area (Å²) in [5.74, 6) is -1.13. The molecule has 0 radical (unpaired) electrons. The van der Waals surface area contributed by atoms with E-state index in [1.54, 1.807) is 0 Å². The van der Waals surface area contributed by atoms with Crippen LogP contribution in [0.25, 0.3) is 0 Å². The lowest BCUT2D eigenvalue weighted by Crippen LogP contribution is -2.34. The Morgan fingerprint density at radius 2 is 1.68 bits per heavy atom. The summed E-state index contributed by atoms with van der Waals surface area (Å²) in [6.45, 7) is 0. The Morgan fingerprint density at radius 1 is 1.09 bits per heavy atom. The van der Waals surface area contributed by atoms with Crippen LogP contribution in [0.5, 0.6) is 0 Å². The van der Waals surface area contributed by atoms with Gasteiger partial charge in [-0.15, -0.1) is 0 Å². The number of amides is 2. The zero-order valence-electron chi connectivity index (χ0n) is 11.6. The molecule has 1 aromatic rings. The van der Waals surface area contributed by atoms with Crippen molar-refractivity contribution in [3.63, 3.8) is 0 Å². The molecule has 0 N–H and O–H groups in total. The minimum atomic E-state index is -0.614. The molecule has 0 unspecified atom stereocenters. The standard InChI is InChI=1S/C17H13ClFNO2/c18-11-4-1-8(7-12(11)19)20-15(21)13-9-2-3-10(14(13)16(20)22)17(9)5-6-17/h1-4,7,9-10,13-14H,5-6H2/t9-,10+,13-,14-/m1/s1. The molecule has 3 aliphatic carbocycles. The highest BCUT2D eigenvalue weighted by molar-refractivity contribution is 6.31. The molecular weight excluding hydrogens is 305 g/mol. The summed E-state index contributed by atoms with van der Waals surface area (Å²) in [5, 5.41) is -0.0123. The van der Waals surface area contributed by atoms with Crippen LogP contribution >= 0.6 is 11.6 Å². The Hall–Kier alpha value is -1.68. The van der Waals surface area contributed by atoms with E-state index in [4.69, 9.17) is 11.6 Å². The van der Waals surface area contributed by atoms with Gasteiger partial charge in [0.1, 0.15) is 5.82 Å². The van der Waals surface area contributed by atoms with Gasteiger partial charge in [0, 0.05) is 0 Å². The maximum Gasteiger partial charge on any atom is 0.238 e. The second kappa shape index (κ2) is 3.80. The number of benzene rings is 1. The molecule has 4 aliphatic rings. The van der Waals surface area contributed by atoms with Gasteiger partial charge in [-0.25, -0.2) is 9.29 Å². The Balaban J connectivity index is 1.57. The normalized spacial score (nSPS) is 36.5. The third-order valence-electron chi connectivity index (χ3n) is 6.01. The summed E-state index contributed by atoms with van der Waals surface area (Å²) in [5.41, 5.74) is 0.466. The summed E-state index contributed by atoms with van der Waals surface area (Å²) in [4.78, 5) is 26.8. The predicted molar refractivity (Wildman–Crippen MR) is 78.7 cm³/mol. The largest absolute Gasteiger partial charge is 0.274 e. The van der Waals surface area contributed by atoms with Crippen molar-refractivity contribution in [2.45, 2.75) is 12.8 Å². The van der Waals surface area contributed by atoms with Crippen molar-refractivity contribution in [2.75, 3.05) is 4.90 Å². The molecule has 1 aromatic carbocycles. The summed E-state index contributed by atoms with van der Waals surface area (Å²) in [6, 6.07) is 4.09. The molecule has 2 saturated carbocycles. The predicted octanol–water partition coefficient (Wildman–Crippen LogP) is 3.18. The highest BCUT2D eigenvalue weighted by atomic mass is 35.5. The maximum absolute atomic E-state index is 13.7. The van der Waals surface area contributed by atoms with Crippen LogP contribution in [0.1, 0.15) is 12.8 Å². The number of fused-ring (bicyclic) bond motifs is 3. The number of anilines is 1. The number of imide groups is 1. The fourth-order valence-corrected chi connectivity index (χ4v) is 5.07. The van der Waals surface area contributed by atoms with E-state index in [-0.39, 0.29) is 51.6 Å². The van der Waals surface area contributed by atoms with E-state index >= 15 is 0 Å². The Morgan fingerprint density at radius 3 is 2.18 bits per heavy atom. The molecular formula is C17H13ClFNO2. The molecule has 1 heterocycles. The average Bonchev–Trinajstić information content (AvgIpc) is 3.08. The van der Waals surface area contributed by atoms with Crippen LogP contribution in [-0.4, -0.2) is 11.8 Å². The van der Waals surface area contributed by atoms with Crippen LogP contribution in [0.15, 0.2) is 30.4 Å². The fraction of sp³-hybridized carbons (Fsp3) is 0.412. The monoisotopic (exact) mass is 317 g/mol. The summed E-state index contributed by atoms with van der Waals surface area (Å²) in [6.07, 6.45) is 6.46. The van der Waals surface area contributed by atoms with Crippen LogP contribution in [0.3, 0.4) is 0 Å². The van der Waals surface area contributed by atoms with Gasteiger partial charge in [-0.3, -0.25) is 9.59 Å². The van der Waals surface area contributed by atoms with Crippen molar-refractivity contribution >= 4 is 29.1 Å². The molecule has 2 amide bonds. The Kier molecular flexibility index (Phi) is 2.21. The molecule has 4 atom stereocenters. The van der Waals surface area contributed by atoms with Crippen LogP contribution in [0, 0.1) is 34.9 Å². The number of halogens is 2. The molecule has 1 spiro atoms. The zero-order valence-corrected chi connectivity index (χ0v) is 12.4. The Labute approximate surface area is 131 Å². The first kappa shape index (κ1) is 12.8. The van der Waals surface area contributed by atoms with Gasteiger partial charge in [-0.2, -0.15) is 0 Å². The van der Waals surface area contributed by atoms with Gasteiger partial charge in [0.15, 0.2) is 0 Å². The number of nitrogens with zero attached hydrogens (tertiary/aromatic N) is 1. The van der Waals surface area contributed by atoms with Crippen molar-refractivity contribution in [3.05, 3.63) is 41.2 Å². The number of allylic oxidation sites excluding steroid dienone is 2. The second-order valence-corrected chi connectivity index (χ2v) is 7.24. The quantitative estimate of drug-likeness (QED) is 0.589. The first-order valence-corrected chi connectivity index (χ1v) is 7.93. The van der Waals surface area contributed by atoms with E-state index in [1.165, 1.54) is 18.2 Å². The average molecular weight is 318 g/mol. The second-order valence-electron chi connectivity index (χ2n) is 6.83. The van der Waals surface area contributed by atoms with Crippen molar-refractivity contribution < 1.29 is 14.0 Å². The molecule has 1 saturated heterocycles. The molecule has 0 aromatic heterocycles. The van der Waals surface area contributed by atoms with Crippen LogP contribution in [0.2, 0.25) is 5.02 Å².